The van der Waals surface area contributed by atoms with Crippen molar-refractivity contribution >= 4 is 33.2 Å². The summed E-state index contributed by atoms with van der Waals surface area (Å²) in [5, 5.41) is 6.51. The van der Waals surface area contributed by atoms with E-state index in [-0.39, 0.29) is 29.2 Å². The zero-order valence-electron chi connectivity index (χ0n) is 22.9. The summed E-state index contributed by atoms with van der Waals surface area (Å²) < 4.78 is 42.9. The number of hydrogen-bond acceptors (Lipinski definition) is 5. The lowest BCUT2D eigenvalue weighted by Crippen LogP contribution is -2.58. The second kappa shape index (κ2) is 12.6. The summed E-state index contributed by atoms with van der Waals surface area (Å²) in [7, 11) is -3.32. The fourth-order valence-electron chi connectivity index (χ4n) is 5.77. The van der Waals surface area contributed by atoms with Gasteiger partial charge in [-0.25, -0.2) is 12.8 Å². The van der Waals surface area contributed by atoms with Crippen molar-refractivity contribution in [3.05, 3.63) is 64.4 Å². The molecular formula is C29H40ClFN4O3S. The van der Waals surface area contributed by atoms with Crippen LogP contribution >= 0.6 is 11.6 Å². The number of amides is 1. The number of carbonyl (C=O) groups is 1. The Morgan fingerprint density at radius 3 is 2.59 bits per heavy atom. The molecule has 214 valence electrons. The van der Waals surface area contributed by atoms with Gasteiger partial charge in [0.05, 0.1) is 11.3 Å². The third kappa shape index (κ3) is 7.00. The van der Waals surface area contributed by atoms with Gasteiger partial charge in [-0.3, -0.25) is 4.79 Å². The van der Waals surface area contributed by atoms with Gasteiger partial charge in [0.25, 0.3) is 0 Å². The number of piperazine rings is 1. The van der Waals surface area contributed by atoms with Crippen LogP contribution in [0.5, 0.6) is 0 Å². The maximum atomic E-state index is 15.0. The van der Waals surface area contributed by atoms with Crippen LogP contribution in [-0.4, -0.2) is 55.1 Å². The van der Waals surface area contributed by atoms with E-state index in [4.69, 9.17) is 17.3 Å². The Labute approximate surface area is 236 Å². The SMILES string of the molecule is CC(C)C(c1cccc(Cl)c1)C(N)C(=O)Nc1cccc(F)c1CCCC1CNCC(C)N1S(=O)(=O)C1CC1. The topological polar surface area (TPSA) is 105 Å². The molecule has 0 radical (unpaired) electrons. The van der Waals surface area contributed by atoms with E-state index in [1.807, 2.05) is 39.0 Å². The van der Waals surface area contributed by atoms with Crippen LogP contribution in [0.4, 0.5) is 10.1 Å². The average molecular weight is 579 g/mol. The van der Waals surface area contributed by atoms with E-state index in [2.05, 4.69) is 10.6 Å². The number of hydrogen-bond donors (Lipinski definition) is 3. The largest absolute Gasteiger partial charge is 0.324 e. The Morgan fingerprint density at radius 2 is 1.92 bits per heavy atom. The van der Waals surface area contributed by atoms with Crippen LogP contribution < -0.4 is 16.4 Å². The van der Waals surface area contributed by atoms with Gasteiger partial charge in [-0.15, -0.1) is 0 Å². The molecule has 39 heavy (non-hydrogen) atoms. The van der Waals surface area contributed by atoms with E-state index in [0.717, 1.165) is 18.4 Å². The number of benzene rings is 2. The van der Waals surface area contributed by atoms with Gasteiger partial charge in [-0.05, 0) is 74.8 Å². The second-order valence-corrected chi connectivity index (χ2v) is 13.8. The first-order valence-corrected chi connectivity index (χ1v) is 15.7. The Morgan fingerprint density at radius 1 is 1.21 bits per heavy atom. The van der Waals surface area contributed by atoms with Crippen molar-refractivity contribution in [2.75, 3.05) is 18.4 Å². The first-order valence-electron chi connectivity index (χ1n) is 13.8. The monoisotopic (exact) mass is 578 g/mol. The molecule has 1 heterocycles. The molecule has 0 spiro atoms. The number of anilines is 1. The highest BCUT2D eigenvalue weighted by Crippen LogP contribution is 2.35. The first-order chi connectivity index (χ1) is 18.5. The van der Waals surface area contributed by atoms with Crippen molar-refractivity contribution in [2.24, 2.45) is 11.7 Å². The fourth-order valence-corrected chi connectivity index (χ4v) is 8.22. The van der Waals surface area contributed by atoms with Crippen LogP contribution in [-0.2, 0) is 21.2 Å². The predicted molar refractivity (Wildman–Crippen MR) is 155 cm³/mol. The third-order valence-corrected chi connectivity index (χ3v) is 10.6. The molecule has 4 N–H and O–H groups in total. The number of sulfonamides is 1. The molecule has 10 heteroatoms. The van der Waals surface area contributed by atoms with Gasteiger partial charge in [0.1, 0.15) is 5.82 Å². The number of carbonyl (C=O) groups excluding carboxylic acids is 1. The summed E-state index contributed by atoms with van der Waals surface area (Å²) in [5.74, 6) is -1.01. The van der Waals surface area contributed by atoms with Crippen LogP contribution in [0.1, 0.15) is 63.5 Å². The highest BCUT2D eigenvalue weighted by atomic mass is 35.5. The minimum atomic E-state index is -3.32. The molecule has 0 aromatic heterocycles. The van der Waals surface area contributed by atoms with Crippen molar-refractivity contribution < 1.29 is 17.6 Å². The lowest BCUT2D eigenvalue weighted by molar-refractivity contribution is -0.118. The van der Waals surface area contributed by atoms with Gasteiger partial charge in [-0.1, -0.05) is 43.6 Å². The minimum Gasteiger partial charge on any atom is -0.324 e. The van der Waals surface area contributed by atoms with Crippen molar-refractivity contribution in [3.63, 3.8) is 0 Å². The number of nitrogens with zero attached hydrogens (tertiary/aromatic N) is 1. The molecule has 4 rings (SSSR count). The molecule has 1 aliphatic heterocycles. The number of halogens is 2. The van der Waals surface area contributed by atoms with E-state index in [9.17, 15) is 17.6 Å². The van der Waals surface area contributed by atoms with Gasteiger partial charge in [-0.2, -0.15) is 4.31 Å². The summed E-state index contributed by atoms with van der Waals surface area (Å²) in [6.45, 7) is 7.13. The smallest absolute Gasteiger partial charge is 0.241 e. The maximum Gasteiger partial charge on any atom is 0.241 e. The molecular weight excluding hydrogens is 539 g/mol. The molecule has 1 amide bonds. The Bertz CT molecular complexity index is 1270. The Balaban J connectivity index is 1.45. The van der Waals surface area contributed by atoms with Crippen LogP contribution in [0.15, 0.2) is 42.5 Å². The van der Waals surface area contributed by atoms with Crippen LogP contribution in [0.2, 0.25) is 5.02 Å². The quantitative estimate of drug-likeness (QED) is 0.360. The molecule has 4 unspecified atom stereocenters. The third-order valence-electron chi connectivity index (χ3n) is 7.84. The lowest BCUT2D eigenvalue weighted by Gasteiger charge is -2.40. The molecule has 7 nitrogen and oxygen atoms in total. The molecule has 2 aromatic rings. The first kappa shape index (κ1) is 29.9. The summed E-state index contributed by atoms with van der Waals surface area (Å²) in [6, 6.07) is 10.8. The normalized spacial score (nSPS) is 22.0. The predicted octanol–water partition coefficient (Wildman–Crippen LogP) is 4.66. The van der Waals surface area contributed by atoms with Crippen LogP contribution in [0.25, 0.3) is 0 Å². The zero-order chi connectivity index (χ0) is 28.3. The standard InChI is InChI=1S/C29H40ClFN4O3S/c1-18(2)27(20-7-4-8-21(30)15-20)28(32)29(36)34-26-12-6-11-25(31)24(26)10-5-9-22-17-33-16-19(3)35(22)39(37,38)23-13-14-23/h4,6-8,11-12,15,18-19,22-23,27-28,33H,5,9-10,13-14,16-17,32H2,1-3H3,(H,34,36). The van der Waals surface area contributed by atoms with Gasteiger partial charge in [0, 0.05) is 47.4 Å². The molecule has 2 fully saturated rings. The second-order valence-electron chi connectivity index (χ2n) is 11.2. The number of nitrogens with two attached hydrogens (primary N) is 1. The molecule has 4 atom stereocenters. The van der Waals surface area contributed by atoms with E-state index >= 15 is 0 Å². The summed E-state index contributed by atoms with van der Waals surface area (Å²) in [6.07, 6.45) is 2.97. The highest BCUT2D eigenvalue weighted by molar-refractivity contribution is 7.90. The zero-order valence-corrected chi connectivity index (χ0v) is 24.4. The highest BCUT2D eigenvalue weighted by Gasteiger charge is 2.45. The van der Waals surface area contributed by atoms with Gasteiger partial charge in [0.2, 0.25) is 15.9 Å². The summed E-state index contributed by atoms with van der Waals surface area (Å²) in [4.78, 5) is 13.3. The van der Waals surface area contributed by atoms with Crippen molar-refractivity contribution in [2.45, 2.75) is 82.2 Å². The number of nitrogens with one attached hydrogen (secondary N) is 2. The van der Waals surface area contributed by atoms with Crippen LogP contribution in [0.3, 0.4) is 0 Å². The van der Waals surface area contributed by atoms with Crippen molar-refractivity contribution in [1.29, 1.82) is 0 Å². The van der Waals surface area contributed by atoms with Crippen molar-refractivity contribution in [3.8, 4) is 0 Å². The molecule has 2 aliphatic rings. The molecule has 1 saturated carbocycles. The molecule has 0 bridgehead atoms. The van der Waals surface area contributed by atoms with Crippen molar-refractivity contribution in [1.82, 2.24) is 9.62 Å². The molecule has 1 aliphatic carbocycles. The summed E-state index contributed by atoms with van der Waals surface area (Å²) >= 11 is 6.19. The molecule has 2 aromatic carbocycles. The Kier molecular flexibility index (Phi) is 9.70. The van der Waals surface area contributed by atoms with Crippen LogP contribution in [0, 0.1) is 11.7 Å². The lowest BCUT2D eigenvalue weighted by atomic mass is 9.82. The van der Waals surface area contributed by atoms with E-state index in [1.54, 1.807) is 22.5 Å². The fraction of sp³-hybridized carbons (Fsp3) is 0.552. The van der Waals surface area contributed by atoms with Gasteiger partial charge < -0.3 is 16.4 Å². The minimum absolute atomic E-state index is 0.0672. The van der Waals surface area contributed by atoms with E-state index in [1.165, 1.54) is 6.07 Å². The number of rotatable bonds is 11. The van der Waals surface area contributed by atoms with Gasteiger partial charge >= 0.3 is 0 Å². The van der Waals surface area contributed by atoms with Gasteiger partial charge in [0.15, 0.2) is 0 Å². The molecule has 1 saturated heterocycles. The Hall–Kier alpha value is -2.04. The average Bonchev–Trinajstić information content (AvgIpc) is 3.72. The summed E-state index contributed by atoms with van der Waals surface area (Å²) in [5.41, 5.74) is 8.12. The van der Waals surface area contributed by atoms with E-state index < -0.39 is 27.8 Å². The van der Waals surface area contributed by atoms with E-state index in [0.29, 0.717) is 48.6 Å². The maximum absolute atomic E-state index is 15.0.